The second-order valence-electron chi connectivity index (χ2n) is 7.82. The number of aromatic amines is 1. The van der Waals surface area contributed by atoms with Crippen molar-refractivity contribution >= 4 is 6.03 Å². The Bertz CT molecular complexity index is 837. The summed E-state index contributed by atoms with van der Waals surface area (Å²) in [4.78, 5) is 29.7. The molecular formula is C20H27N5O2. The van der Waals surface area contributed by atoms with Gasteiger partial charge in [-0.05, 0) is 24.7 Å². The molecule has 3 rings (SSSR count). The molecule has 144 valence electrons. The van der Waals surface area contributed by atoms with Crippen LogP contribution in [0.1, 0.15) is 51.8 Å². The molecule has 0 bridgehead atoms. The number of likely N-dealkylation sites (tertiary alicyclic amines) is 1. The van der Waals surface area contributed by atoms with Crippen LogP contribution in [0.2, 0.25) is 0 Å². The second-order valence-corrected chi connectivity index (χ2v) is 7.82. The highest BCUT2D eigenvalue weighted by Crippen LogP contribution is 2.29. The van der Waals surface area contributed by atoms with Gasteiger partial charge in [0.05, 0.1) is 6.04 Å². The fraction of sp³-hybridized carbons (Fsp3) is 0.500. The van der Waals surface area contributed by atoms with E-state index in [2.05, 4.69) is 34.3 Å². The summed E-state index contributed by atoms with van der Waals surface area (Å²) in [6, 6.07) is 8.75. The van der Waals surface area contributed by atoms with Crippen LogP contribution in [0.3, 0.4) is 0 Å². The molecule has 2 amide bonds. The van der Waals surface area contributed by atoms with Crippen LogP contribution in [-0.4, -0.2) is 39.2 Å². The number of carbonyl (C=O) groups excluding carboxylic acids is 1. The van der Waals surface area contributed by atoms with Crippen molar-refractivity contribution in [1.29, 1.82) is 0 Å². The fourth-order valence-corrected chi connectivity index (χ4v) is 3.22. The highest BCUT2D eigenvalue weighted by molar-refractivity contribution is 5.74. The van der Waals surface area contributed by atoms with Gasteiger partial charge in [-0.2, -0.15) is 0 Å². The second kappa shape index (κ2) is 7.90. The number of urea groups is 1. The predicted molar refractivity (Wildman–Crippen MR) is 104 cm³/mol. The maximum atomic E-state index is 12.6. The van der Waals surface area contributed by atoms with E-state index in [1.54, 1.807) is 0 Å². The molecule has 1 atom stereocenters. The van der Waals surface area contributed by atoms with Crippen molar-refractivity contribution in [2.75, 3.05) is 13.1 Å². The predicted octanol–water partition coefficient (Wildman–Crippen LogP) is 3.11. The summed E-state index contributed by atoms with van der Waals surface area (Å²) in [7, 11) is 0. The zero-order valence-electron chi connectivity index (χ0n) is 16.2. The van der Waals surface area contributed by atoms with Crippen LogP contribution in [0.4, 0.5) is 4.79 Å². The minimum absolute atomic E-state index is 0.148. The van der Waals surface area contributed by atoms with Crippen LogP contribution in [0.5, 0.6) is 0 Å². The minimum atomic E-state index is -0.464. The third-order valence-corrected chi connectivity index (χ3v) is 5.21. The molecule has 1 aliphatic heterocycles. The molecule has 7 nitrogen and oxygen atoms in total. The van der Waals surface area contributed by atoms with Gasteiger partial charge >= 0.3 is 6.03 Å². The van der Waals surface area contributed by atoms with E-state index in [9.17, 15) is 9.59 Å². The molecule has 0 aliphatic carbocycles. The van der Waals surface area contributed by atoms with Gasteiger partial charge in [0.25, 0.3) is 5.56 Å². The molecule has 2 N–H and O–H groups in total. The molecule has 27 heavy (non-hydrogen) atoms. The number of carbonyl (C=O) groups is 1. The van der Waals surface area contributed by atoms with Crippen molar-refractivity contribution in [3.8, 4) is 11.4 Å². The largest absolute Gasteiger partial charge is 0.329 e. The topological polar surface area (TPSA) is 91.0 Å². The molecular weight excluding hydrogens is 342 g/mol. The SMILES string of the molecule is CCC(NC(=O)N1CCC(C)(C)CC1)c1nnc(-c2ccccc2)[nH]c1=O. The van der Waals surface area contributed by atoms with Gasteiger partial charge in [-0.25, -0.2) is 4.79 Å². The molecule has 0 radical (unpaired) electrons. The van der Waals surface area contributed by atoms with E-state index >= 15 is 0 Å². The van der Waals surface area contributed by atoms with Crippen molar-refractivity contribution in [3.63, 3.8) is 0 Å². The van der Waals surface area contributed by atoms with Gasteiger partial charge in [-0.1, -0.05) is 51.1 Å². The van der Waals surface area contributed by atoms with Gasteiger partial charge in [0.2, 0.25) is 0 Å². The van der Waals surface area contributed by atoms with Crippen LogP contribution < -0.4 is 10.9 Å². The van der Waals surface area contributed by atoms with E-state index in [-0.39, 0.29) is 22.7 Å². The van der Waals surface area contributed by atoms with Crippen molar-refractivity contribution in [1.82, 2.24) is 25.4 Å². The lowest BCUT2D eigenvalue weighted by Crippen LogP contribution is -2.47. The molecule has 1 aromatic heterocycles. The standard InChI is InChI=1S/C20H27N5O2/c1-4-15(21-19(27)25-12-10-20(2,3)11-13-25)16-18(26)22-17(24-23-16)14-8-6-5-7-9-14/h5-9,15H,4,10-13H2,1-3H3,(H,21,27)(H,22,24,26). The average molecular weight is 369 g/mol. The van der Waals surface area contributed by atoms with Crippen molar-refractivity contribution < 1.29 is 4.79 Å². The normalized spacial score (nSPS) is 17.4. The lowest BCUT2D eigenvalue weighted by Gasteiger charge is -2.37. The molecule has 1 aromatic carbocycles. The highest BCUT2D eigenvalue weighted by atomic mass is 16.2. The Morgan fingerprint density at radius 2 is 1.89 bits per heavy atom. The van der Waals surface area contributed by atoms with Gasteiger partial charge < -0.3 is 15.2 Å². The Morgan fingerprint density at radius 1 is 1.22 bits per heavy atom. The highest BCUT2D eigenvalue weighted by Gasteiger charge is 2.29. The average Bonchev–Trinajstić information content (AvgIpc) is 2.67. The molecule has 2 heterocycles. The number of aromatic nitrogens is 3. The van der Waals surface area contributed by atoms with E-state index in [0.717, 1.165) is 31.5 Å². The third-order valence-electron chi connectivity index (χ3n) is 5.21. The molecule has 1 aliphatic rings. The monoisotopic (exact) mass is 369 g/mol. The molecule has 1 fully saturated rings. The molecule has 2 aromatic rings. The van der Waals surface area contributed by atoms with Gasteiger partial charge in [-0.15, -0.1) is 10.2 Å². The summed E-state index contributed by atoms with van der Waals surface area (Å²) < 4.78 is 0. The Hall–Kier alpha value is -2.70. The molecule has 7 heteroatoms. The van der Waals surface area contributed by atoms with E-state index in [4.69, 9.17) is 0 Å². The summed E-state index contributed by atoms with van der Waals surface area (Å²) in [6.07, 6.45) is 2.51. The van der Waals surface area contributed by atoms with E-state index in [0.29, 0.717) is 12.2 Å². The lowest BCUT2D eigenvalue weighted by molar-refractivity contribution is 0.137. The van der Waals surface area contributed by atoms with Crippen molar-refractivity contribution in [2.45, 2.75) is 46.1 Å². The minimum Gasteiger partial charge on any atom is -0.329 e. The number of rotatable bonds is 4. The first kappa shape index (κ1) is 19.1. The maximum absolute atomic E-state index is 12.6. The summed E-state index contributed by atoms with van der Waals surface area (Å²) in [5.74, 6) is 0.420. The number of nitrogens with zero attached hydrogens (tertiary/aromatic N) is 3. The van der Waals surface area contributed by atoms with Crippen LogP contribution in [0, 0.1) is 5.41 Å². The number of hydrogen-bond acceptors (Lipinski definition) is 4. The van der Waals surface area contributed by atoms with Crippen LogP contribution in [0.25, 0.3) is 11.4 Å². The number of H-pyrrole nitrogens is 1. The zero-order valence-corrected chi connectivity index (χ0v) is 16.2. The Morgan fingerprint density at radius 3 is 2.48 bits per heavy atom. The van der Waals surface area contributed by atoms with Gasteiger partial charge in [0.1, 0.15) is 0 Å². The van der Waals surface area contributed by atoms with Crippen LogP contribution in [0.15, 0.2) is 35.1 Å². The maximum Gasteiger partial charge on any atom is 0.317 e. The zero-order chi connectivity index (χ0) is 19.4. The summed E-state index contributed by atoms with van der Waals surface area (Å²) >= 11 is 0. The quantitative estimate of drug-likeness (QED) is 0.866. The van der Waals surface area contributed by atoms with Crippen LogP contribution in [-0.2, 0) is 0 Å². The van der Waals surface area contributed by atoms with Crippen LogP contribution >= 0.6 is 0 Å². The lowest BCUT2D eigenvalue weighted by atomic mass is 9.83. The van der Waals surface area contributed by atoms with E-state index in [1.165, 1.54) is 0 Å². The molecule has 0 spiro atoms. The Kier molecular flexibility index (Phi) is 5.58. The smallest absolute Gasteiger partial charge is 0.317 e. The van der Waals surface area contributed by atoms with E-state index in [1.807, 2.05) is 42.2 Å². The number of nitrogens with one attached hydrogen (secondary N) is 2. The van der Waals surface area contributed by atoms with Gasteiger partial charge in [0, 0.05) is 18.7 Å². The number of piperidine rings is 1. The first-order valence-corrected chi connectivity index (χ1v) is 9.47. The molecule has 0 saturated carbocycles. The first-order valence-electron chi connectivity index (χ1n) is 9.47. The number of benzene rings is 1. The summed E-state index contributed by atoms with van der Waals surface area (Å²) in [5.41, 5.74) is 0.983. The summed E-state index contributed by atoms with van der Waals surface area (Å²) in [5, 5.41) is 11.2. The molecule has 1 saturated heterocycles. The Labute approximate surface area is 159 Å². The van der Waals surface area contributed by atoms with E-state index < -0.39 is 6.04 Å². The Balaban J connectivity index is 1.72. The summed E-state index contributed by atoms with van der Waals surface area (Å²) in [6.45, 7) is 7.81. The first-order chi connectivity index (χ1) is 12.9. The molecule has 1 unspecified atom stereocenters. The number of hydrogen-bond donors (Lipinski definition) is 2. The third kappa shape index (κ3) is 4.53. The van der Waals surface area contributed by atoms with Crippen molar-refractivity contribution in [3.05, 3.63) is 46.4 Å². The number of amides is 2. The van der Waals surface area contributed by atoms with Gasteiger partial charge in [0.15, 0.2) is 11.5 Å². The van der Waals surface area contributed by atoms with Crippen molar-refractivity contribution in [2.24, 2.45) is 5.41 Å². The van der Waals surface area contributed by atoms with Gasteiger partial charge in [-0.3, -0.25) is 4.79 Å². The fourth-order valence-electron chi connectivity index (χ4n) is 3.22.